The fourth-order valence-corrected chi connectivity index (χ4v) is 3.57. The van der Waals surface area contributed by atoms with Crippen LogP contribution >= 0.6 is 15.9 Å². The van der Waals surface area contributed by atoms with Gasteiger partial charge in [-0.15, -0.1) is 0 Å². The lowest BCUT2D eigenvalue weighted by molar-refractivity contribution is 0.188. The van der Waals surface area contributed by atoms with E-state index in [4.69, 9.17) is 4.74 Å². The van der Waals surface area contributed by atoms with Gasteiger partial charge in [0.05, 0.1) is 6.61 Å². The van der Waals surface area contributed by atoms with Crippen molar-refractivity contribution in [2.24, 2.45) is 0 Å². The first-order valence-corrected chi connectivity index (χ1v) is 7.95. The number of halogens is 1. The summed E-state index contributed by atoms with van der Waals surface area (Å²) in [6, 6.07) is 5.04. The van der Waals surface area contributed by atoms with Crippen LogP contribution in [0.4, 0.5) is 0 Å². The van der Waals surface area contributed by atoms with Crippen LogP contribution < -0.4 is 10.1 Å². The van der Waals surface area contributed by atoms with Gasteiger partial charge in [-0.1, -0.05) is 22.9 Å². The normalized spacial score (nSPS) is 23.2. The van der Waals surface area contributed by atoms with E-state index in [0.29, 0.717) is 6.04 Å². The van der Waals surface area contributed by atoms with E-state index in [2.05, 4.69) is 45.2 Å². The van der Waals surface area contributed by atoms with Crippen molar-refractivity contribution in [2.75, 3.05) is 26.2 Å². The molecule has 1 saturated heterocycles. The summed E-state index contributed by atoms with van der Waals surface area (Å²) in [5.74, 6) is 1.13. The highest BCUT2D eigenvalue weighted by molar-refractivity contribution is 9.10. The second kappa shape index (κ2) is 5.81. The Morgan fingerprint density at radius 3 is 3.21 bits per heavy atom. The summed E-state index contributed by atoms with van der Waals surface area (Å²) < 4.78 is 6.99. The molecule has 3 rings (SSSR count). The average molecular weight is 325 g/mol. The van der Waals surface area contributed by atoms with E-state index in [1.807, 2.05) is 0 Å². The van der Waals surface area contributed by atoms with Crippen molar-refractivity contribution in [3.05, 3.63) is 27.7 Å². The smallest absolute Gasteiger partial charge is 0.127 e. The molecule has 0 aliphatic carbocycles. The Morgan fingerprint density at radius 2 is 2.37 bits per heavy atom. The summed E-state index contributed by atoms with van der Waals surface area (Å²) in [6.45, 7) is 7.43. The molecule has 4 heteroatoms. The van der Waals surface area contributed by atoms with Crippen LogP contribution in [-0.2, 0) is 13.0 Å². The van der Waals surface area contributed by atoms with Crippen molar-refractivity contribution in [1.82, 2.24) is 10.2 Å². The molecule has 0 amide bonds. The number of benzene rings is 1. The van der Waals surface area contributed by atoms with Crippen LogP contribution in [0.1, 0.15) is 24.5 Å². The van der Waals surface area contributed by atoms with Gasteiger partial charge in [-0.3, -0.25) is 4.90 Å². The minimum atomic E-state index is 0.634. The highest BCUT2D eigenvalue weighted by atomic mass is 79.9. The molecule has 3 nitrogen and oxygen atoms in total. The van der Waals surface area contributed by atoms with Gasteiger partial charge < -0.3 is 10.1 Å². The molecular weight excluding hydrogens is 304 g/mol. The molecule has 0 radical (unpaired) electrons. The number of rotatable bonds is 3. The fourth-order valence-electron chi connectivity index (χ4n) is 3.02. The first kappa shape index (κ1) is 13.4. The number of piperazine rings is 1. The van der Waals surface area contributed by atoms with Crippen LogP contribution in [-0.4, -0.2) is 37.2 Å². The molecule has 1 fully saturated rings. The lowest BCUT2D eigenvalue weighted by Crippen LogP contribution is -2.49. The standard InChI is InChI=1S/C15H21BrN2O/c1-2-14-10-18(5-4-17-14)9-12-8-13(16)7-11-3-6-19-15(11)12/h7-8,14,17H,2-6,9-10H2,1H3. The Bertz CT molecular complexity index is 464. The number of ether oxygens (including phenoxy) is 1. The molecule has 2 aliphatic heterocycles. The lowest BCUT2D eigenvalue weighted by Gasteiger charge is -2.33. The molecule has 1 aromatic rings. The Labute approximate surface area is 123 Å². The molecule has 0 bridgehead atoms. The summed E-state index contributed by atoms with van der Waals surface area (Å²) in [4.78, 5) is 2.54. The van der Waals surface area contributed by atoms with Gasteiger partial charge in [0, 0.05) is 48.7 Å². The largest absolute Gasteiger partial charge is 0.493 e. The van der Waals surface area contributed by atoms with Crippen LogP contribution in [0.25, 0.3) is 0 Å². The second-order valence-corrected chi connectivity index (χ2v) is 6.36. The Kier molecular flexibility index (Phi) is 4.10. The van der Waals surface area contributed by atoms with Gasteiger partial charge in [-0.05, 0) is 24.1 Å². The van der Waals surface area contributed by atoms with Crippen molar-refractivity contribution in [2.45, 2.75) is 32.4 Å². The monoisotopic (exact) mass is 324 g/mol. The van der Waals surface area contributed by atoms with E-state index in [1.54, 1.807) is 0 Å². The minimum Gasteiger partial charge on any atom is -0.493 e. The molecule has 1 N–H and O–H groups in total. The van der Waals surface area contributed by atoms with Crippen molar-refractivity contribution in [3.63, 3.8) is 0 Å². The van der Waals surface area contributed by atoms with Gasteiger partial charge in [-0.2, -0.15) is 0 Å². The predicted octanol–water partition coefficient (Wildman–Crippen LogP) is 2.57. The number of fused-ring (bicyclic) bond motifs is 1. The predicted molar refractivity (Wildman–Crippen MR) is 80.7 cm³/mol. The second-order valence-electron chi connectivity index (χ2n) is 5.45. The number of nitrogens with zero attached hydrogens (tertiary/aromatic N) is 1. The summed E-state index contributed by atoms with van der Waals surface area (Å²) in [5.41, 5.74) is 2.69. The summed E-state index contributed by atoms with van der Waals surface area (Å²) in [5, 5.41) is 3.57. The topological polar surface area (TPSA) is 24.5 Å². The average Bonchev–Trinajstić information content (AvgIpc) is 2.87. The van der Waals surface area contributed by atoms with Crippen LogP contribution in [0.5, 0.6) is 5.75 Å². The highest BCUT2D eigenvalue weighted by Crippen LogP contribution is 2.33. The number of hydrogen-bond donors (Lipinski definition) is 1. The van der Waals surface area contributed by atoms with Gasteiger partial charge in [0.1, 0.15) is 5.75 Å². The van der Waals surface area contributed by atoms with Gasteiger partial charge in [0.2, 0.25) is 0 Å². The lowest BCUT2D eigenvalue weighted by atomic mass is 10.1. The quantitative estimate of drug-likeness (QED) is 0.924. The number of nitrogens with one attached hydrogen (secondary N) is 1. The SMILES string of the molecule is CCC1CN(Cc2cc(Br)cc3c2OCC3)CCN1. The van der Waals surface area contributed by atoms with Gasteiger partial charge >= 0.3 is 0 Å². The molecule has 0 saturated carbocycles. The fraction of sp³-hybridized carbons (Fsp3) is 0.600. The summed E-state index contributed by atoms with van der Waals surface area (Å²) in [6.07, 6.45) is 2.24. The van der Waals surface area contributed by atoms with Crippen LogP contribution in [0.15, 0.2) is 16.6 Å². The third-order valence-electron chi connectivity index (χ3n) is 4.05. The van der Waals surface area contributed by atoms with E-state index in [0.717, 1.165) is 45.0 Å². The first-order valence-electron chi connectivity index (χ1n) is 7.16. The molecule has 1 unspecified atom stereocenters. The molecule has 1 aromatic carbocycles. The molecule has 0 aromatic heterocycles. The first-order chi connectivity index (χ1) is 9.26. The van der Waals surface area contributed by atoms with Crippen LogP contribution in [0, 0.1) is 0 Å². The maximum absolute atomic E-state index is 5.82. The summed E-state index contributed by atoms with van der Waals surface area (Å²) >= 11 is 3.62. The number of hydrogen-bond acceptors (Lipinski definition) is 3. The third-order valence-corrected chi connectivity index (χ3v) is 4.51. The van der Waals surface area contributed by atoms with Crippen LogP contribution in [0.3, 0.4) is 0 Å². The molecule has 1 atom stereocenters. The zero-order valence-corrected chi connectivity index (χ0v) is 13.0. The zero-order chi connectivity index (χ0) is 13.2. The van der Waals surface area contributed by atoms with Crippen molar-refractivity contribution in [1.29, 1.82) is 0 Å². The highest BCUT2D eigenvalue weighted by Gasteiger charge is 2.22. The van der Waals surface area contributed by atoms with E-state index < -0.39 is 0 Å². The van der Waals surface area contributed by atoms with E-state index >= 15 is 0 Å². The zero-order valence-electron chi connectivity index (χ0n) is 11.4. The Morgan fingerprint density at radius 1 is 1.47 bits per heavy atom. The molecular formula is C15H21BrN2O. The van der Waals surface area contributed by atoms with Gasteiger partial charge in [-0.25, -0.2) is 0 Å². The van der Waals surface area contributed by atoms with Gasteiger partial charge in [0.25, 0.3) is 0 Å². The molecule has 0 spiro atoms. The molecule has 2 heterocycles. The van der Waals surface area contributed by atoms with E-state index in [1.165, 1.54) is 22.0 Å². The molecule has 104 valence electrons. The maximum atomic E-state index is 5.82. The van der Waals surface area contributed by atoms with E-state index in [9.17, 15) is 0 Å². The Hall–Kier alpha value is -0.580. The maximum Gasteiger partial charge on any atom is 0.127 e. The molecule has 19 heavy (non-hydrogen) atoms. The van der Waals surface area contributed by atoms with E-state index in [-0.39, 0.29) is 0 Å². The third kappa shape index (κ3) is 2.96. The van der Waals surface area contributed by atoms with Crippen molar-refractivity contribution in [3.8, 4) is 5.75 Å². The van der Waals surface area contributed by atoms with Crippen molar-refractivity contribution >= 4 is 15.9 Å². The molecule has 2 aliphatic rings. The van der Waals surface area contributed by atoms with Gasteiger partial charge in [0.15, 0.2) is 0 Å². The minimum absolute atomic E-state index is 0.634. The Balaban J connectivity index is 1.76. The summed E-state index contributed by atoms with van der Waals surface area (Å²) in [7, 11) is 0. The van der Waals surface area contributed by atoms with Crippen LogP contribution in [0.2, 0.25) is 0 Å². The van der Waals surface area contributed by atoms with Crippen molar-refractivity contribution < 1.29 is 4.74 Å².